The lowest BCUT2D eigenvalue weighted by Crippen LogP contribution is -2.49. The van der Waals surface area contributed by atoms with Crippen molar-refractivity contribution in [3.63, 3.8) is 0 Å². The monoisotopic (exact) mass is 282 g/mol. The third kappa shape index (κ3) is 4.17. The highest BCUT2D eigenvalue weighted by Gasteiger charge is 2.36. The summed E-state index contributed by atoms with van der Waals surface area (Å²) in [5.74, 6) is 0. The fourth-order valence-electron chi connectivity index (χ4n) is 3.54. The van der Waals surface area contributed by atoms with Gasteiger partial charge in [0.2, 0.25) is 0 Å². The first-order chi connectivity index (χ1) is 9.76. The molecule has 2 heterocycles. The third-order valence-electron chi connectivity index (χ3n) is 4.99. The molecule has 116 valence electrons. The molecule has 20 heavy (non-hydrogen) atoms. The second-order valence-electron chi connectivity index (χ2n) is 7.04. The van der Waals surface area contributed by atoms with E-state index in [1.807, 2.05) is 0 Å². The van der Waals surface area contributed by atoms with Crippen molar-refractivity contribution < 1.29 is 9.47 Å². The Balaban J connectivity index is 1.58. The number of hydrogen-bond acceptors (Lipinski definition) is 4. The molecule has 0 amide bonds. The van der Waals surface area contributed by atoms with Gasteiger partial charge in [0.05, 0.1) is 6.10 Å². The molecule has 0 radical (unpaired) electrons. The van der Waals surface area contributed by atoms with Crippen LogP contribution in [0.4, 0.5) is 0 Å². The SMILES string of the molecule is CC1CN(CC2(CNC3CC3)CCOCC2)CCCO1. The number of ether oxygens (including phenoxy) is 2. The molecule has 0 aromatic rings. The van der Waals surface area contributed by atoms with Crippen LogP contribution in [-0.2, 0) is 9.47 Å². The molecule has 2 saturated heterocycles. The first-order valence-electron chi connectivity index (χ1n) is 8.41. The van der Waals surface area contributed by atoms with Crippen LogP contribution < -0.4 is 5.32 Å². The van der Waals surface area contributed by atoms with Gasteiger partial charge in [-0.05, 0) is 44.4 Å². The highest BCUT2D eigenvalue weighted by molar-refractivity contribution is 4.91. The first kappa shape index (κ1) is 14.8. The third-order valence-corrected chi connectivity index (χ3v) is 4.99. The molecule has 0 aromatic heterocycles. The zero-order valence-corrected chi connectivity index (χ0v) is 12.9. The fraction of sp³-hybridized carbons (Fsp3) is 1.00. The summed E-state index contributed by atoms with van der Waals surface area (Å²) in [6, 6.07) is 0.807. The van der Waals surface area contributed by atoms with Crippen LogP contribution in [0.15, 0.2) is 0 Å². The minimum atomic E-state index is 0.380. The van der Waals surface area contributed by atoms with Crippen molar-refractivity contribution in [3.8, 4) is 0 Å². The van der Waals surface area contributed by atoms with Crippen molar-refractivity contribution in [1.29, 1.82) is 0 Å². The molecule has 1 atom stereocenters. The Kier molecular flexibility index (Phi) is 4.97. The maximum Gasteiger partial charge on any atom is 0.0673 e. The van der Waals surface area contributed by atoms with E-state index in [0.29, 0.717) is 11.5 Å². The van der Waals surface area contributed by atoms with Crippen molar-refractivity contribution in [2.24, 2.45) is 5.41 Å². The summed E-state index contributed by atoms with van der Waals surface area (Å²) in [4.78, 5) is 2.64. The van der Waals surface area contributed by atoms with Gasteiger partial charge in [-0.15, -0.1) is 0 Å². The highest BCUT2D eigenvalue weighted by Crippen LogP contribution is 2.33. The Labute approximate surface area is 123 Å². The highest BCUT2D eigenvalue weighted by atomic mass is 16.5. The van der Waals surface area contributed by atoms with Gasteiger partial charge in [-0.3, -0.25) is 0 Å². The summed E-state index contributed by atoms with van der Waals surface area (Å²) in [7, 11) is 0. The van der Waals surface area contributed by atoms with Gasteiger partial charge < -0.3 is 19.7 Å². The van der Waals surface area contributed by atoms with E-state index >= 15 is 0 Å². The van der Waals surface area contributed by atoms with E-state index in [1.165, 1.54) is 51.7 Å². The standard InChI is InChI=1S/C16H30N2O2/c1-14-11-18(7-2-8-20-14)13-16(5-9-19-10-6-16)12-17-15-3-4-15/h14-15,17H,2-13H2,1H3. The molecule has 3 aliphatic rings. The summed E-state index contributed by atoms with van der Waals surface area (Å²) in [6.07, 6.45) is 6.72. The smallest absolute Gasteiger partial charge is 0.0673 e. The lowest BCUT2D eigenvalue weighted by atomic mass is 9.79. The van der Waals surface area contributed by atoms with Crippen LogP contribution in [0.25, 0.3) is 0 Å². The van der Waals surface area contributed by atoms with Gasteiger partial charge in [0.1, 0.15) is 0 Å². The molecule has 3 fully saturated rings. The summed E-state index contributed by atoms with van der Waals surface area (Å²) in [5.41, 5.74) is 0.422. The molecule has 3 rings (SSSR count). The van der Waals surface area contributed by atoms with Crippen LogP contribution in [0.5, 0.6) is 0 Å². The Morgan fingerprint density at radius 2 is 2.00 bits per heavy atom. The van der Waals surface area contributed by atoms with Gasteiger partial charge in [-0.25, -0.2) is 0 Å². The molecule has 4 nitrogen and oxygen atoms in total. The van der Waals surface area contributed by atoms with E-state index in [2.05, 4.69) is 17.1 Å². The zero-order chi connectivity index (χ0) is 13.8. The summed E-state index contributed by atoms with van der Waals surface area (Å²) in [6.45, 7) is 9.67. The minimum Gasteiger partial charge on any atom is -0.381 e. The molecule has 0 bridgehead atoms. The van der Waals surface area contributed by atoms with E-state index in [-0.39, 0.29) is 0 Å². The maximum atomic E-state index is 5.78. The Bertz CT molecular complexity index is 301. The van der Waals surface area contributed by atoms with Crippen LogP contribution in [-0.4, -0.2) is 63.0 Å². The molecule has 2 aliphatic heterocycles. The molecule has 4 heteroatoms. The predicted octanol–water partition coefficient (Wildman–Crippen LogP) is 1.65. The van der Waals surface area contributed by atoms with Gasteiger partial charge >= 0.3 is 0 Å². The lowest BCUT2D eigenvalue weighted by molar-refractivity contribution is -0.00882. The number of hydrogen-bond donors (Lipinski definition) is 1. The second kappa shape index (κ2) is 6.73. The minimum absolute atomic E-state index is 0.380. The van der Waals surface area contributed by atoms with Crippen LogP contribution in [0.3, 0.4) is 0 Å². The van der Waals surface area contributed by atoms with Gasteiger partial charge in [0.25, 0.3) is 0 Å². The van der Waals surface area contributed by atoms with Crippen molar-refractivity contribution in [1.82, 2.24) is 10.2 Å². The van der Waals surface area contributed by atoms with Crippen molar-refractivity contribution in [3.05, 3.63) is 0 Å². The Hall–Kier alpha value is -0.160. The van der Waals surface area contributed by atoms with Crippen LogP contribution >= 0.6 is 0 Å². The lowest BCUT2D eigenvalue weighted by Gasteiger charge is -2.41. The van der Waals surface area contributed by atoms with E-state index in [4.69, 9.17) is 9.47 Å². The number of rotatable bonds is 5. The molecule has 0 aromatic carbocycles. The first-order valence-corrected chi connectivity index (χ1v) is 8.41. The molecular weight excluding hydrogens is 252 g/mol. The number of nitrogens with one attached hydrogen (secondary N) is 1. The Morgan fingerprint density at radius 1 is 1.20 bits per heavy atom. The van der Waals surface area contributed by atoms with E-state index in [0.717, 1.165) is 32.4 Å². The van der Waals surface area contributed by atoms with Crippen LogP contribution in [0.2, 0.25) is 0 Å². The molecule has 1 N–H and O–H groups in total. The average Bonchev–Trinajstić information content (AvgIpc) is 3.27. The predicted molar refractivity (Wildman–Crippen MR) is 80.0 cm³/mol. The molecular formula is C16H30N2O2. The summed E-state index contributed by atoms with van der Waals surface area (Å²) >= 11 is 0. The van der Waals surface area contributed by atoms with E-state index in [1.54, 1.807) is 0 Å². The zero-order valence-electron chi connectivity index (χ0n) is 12.9. The Morgan fingerprint density at radius 3 is 2.75 bits per heavy atom. The van der Waals surface area contributed by atoms with Gasteiger partial charge in [0, 0.05) is 52.0 Å². The van der Waals surface area contributed by atoms with Crippen molar-refractivity contribution >= 4 is 0 Å². The van der Waals surface area contributed by atoms with E-state index in [9.17, 15) is 0 Å². The van der Waals surface area contributed by atoms with Crippen LogP contribution in [0, 0.1) is 5.41 Å². The normalized spacial score (nSPS) is 31.9. The fourth-order valence-corrected chi connectivity index (χ4v) is 3.54. The van der Waals surface area contributed by atoms with Gasteiger partial charge in [0.15, 0.2) is 0 Å². The molecule has 0 spiro atoms. The second-order valence-corrected chi connectivity index (χ2v) is 7.04. The van der Waals surface area contributed by atoms with Crippen molar-refractivity contribution in [2.75, 3.05) is 46.0 Å². The van der Waals surface area contributed by atoms with Crippen molar-refractivity contribution in [2.45, 2.75) is 51.2 Å². The molecule has 1 saturated carbocycles. The number of nitrogens with zero attached hydrogens (tertiary/aromatic N) is 1. The average molecular weight is 282 g/mol. The van der Waals surface area contributed by atoms with Gasteiger partial charge in [-0.2, -0.15) is 0 Å². The van der Waals surface area contributed by atoms with E-state index < -0.39 is 0 Å². The summed E-state index contributed by atoms with van der Waals surface area (Å²) < 4.78 is 11.4. The quantitative estimate of drug-likeness (QED) is 0.831. The largest absolute Gasteiger partial charge is 0.381 e. The summed E-state index contributed by atoms with van der Waals surface area (Å²) in [5, 5.41) is 3.77. The molecule has 1 aliphatic carbocycles. The van der Waals surface area contributed by atoms with Gasteiger partial charge in [-0.1, -0.05) is 0 Å². The topological polar surface area (TPSA) is 33.7 Å². The maximum absolute atomic E-state index is 5.78. The van der Waals surface area contributed by atoms with Crippen LogP contribution in [0.1, 0.15) is 39.0 Å². The molecule has 1 unspecified atom stereocenters.